The van der Waals surface area contributed by atoms with Gasteiger partial charge in [-0.25, -0.2) is 4.68 Å². The maximum absolute atomic E-state index is 12.5. The van der Waals surface area contributed by atoms with E-state index >= 15 is 0 Å². The minimum Gasteiger partial charge on any atom is -0.374 e. The van der Waals surface area contributed by atoms with Gasteiger partial charge < -0.3 is 5.32 Å². The lowest BCUT2D eigenvalue weighted by atomic mass is 9.85. The zero-order valence-corrected chi connectivity index (χ0v) is 13.1. The quantitative estimate of drug-likeness (QED) is 0.895. The topological polar surface area (TPSA) is 72.7 Å². The second-order valence-electron chi connectivity index (χ2n) is 5.22. The highest BCUT2D eigenvalue weighted by atomic mass is 79.9. The molecule has 0 bridgehead atoms. The van der Waals surface area contributed by atoms with Crippen molar-refractivity contribution in [2.75, 3.05) is 5.32 Å². The third-order valence-electron chi connectivity index (χ3n) is 3.73. The van der Waals surface area contributed by atoms with E-state index in [4.69, 9.17) is 0 Å². The van der Waals surface area contributed by atoms with Gasteiger partial charge in [0.05, 0.1) is 22.9 Å². The normalized spacial score (nSPS) is 14.7. The Bertz CT molecular complexity index is 669. The van der Waals surface area contributed by atoms with Crippen LogP contribution in [-0.2, 0) is 13.1 Å². The predicted molar refractivity (Wildman–Crippen MR) is 82.9 cm³/mol. The molecule has 0 aliphatic heterocycles. The molecule has 0 unspecified atom stereocenters. The van der Waals surface area contributed by atoms with Gasteiger partial charge in [0.15, 0.2) is 0 Å². The molecular weight excluding hydrogens is 334 g/mol. The first-order valence-corrected chi connectivity index (χ1v) is 7.79. The molecule has 1 aliphatic rings. The number of nitrogens with one attached hydrogen (secondary N) is 1. The number of anilines is 1. The molecule has 0 aromatic carbocycles. The third kappa shape index (κ3) is 3.29. The zero-order valence-electron chi connectivity index (χ0n) is 11.5. The molecule has 0 radical (unpaired) electrons. The number of rotatable bonds is 5. The van der Waals surface area contributed by atoms with Crippen LogP contribution in [0.1, 0.15) is 25.0 Å². The summed E-state index contributed by atoms with van der Waals surface area (Å²) in [4.78, 5) is 12.5. The Kier molecular flexibility index (Phi) is 4.28. The van der Waals surface area contributed by atoms with E-state index in [1.54, 1.807) is 17.1 Å². The van der Waals surface area contributed by atoms with Gasteiger partial charge in [-0.3, -0.25) is 4.79 Å². The van der Waals surface area contributed by atoms with E-state index < -0.39 is 0 Å². The Morgan fingerprint density at radius 3 is 2.95 bits per heavy atom. The first kappa shape index (κ1) is 14.2. The maximum atomic E-state index is 12.5. The summed E-state index contributed by atoms with van der Waals surface area (Å²) in [7, 11) is 0. The summed E-state index contributed by atoms with van der Waals surface area (Å²) in [5.74, 6) is 0.587. The molecule has 110 valence electrons. The van der Waals surface area contributed by atoms with Crippen LogP contribution in [0.5, 0.6) is 0 Å². The molecule has 0 amide bonds. The van der Waals surface area contributed by atoms with E-state index in [0.29, 0.717) is 29.2 Å². The zero-order chi connectivity index (χ0) is 14.7. The van der Waals surface area contributed by atoms with Gasteiger partial charge in [-0.15, -0.1) is 0 Å². The first-order chi connectivity index (χ1) is 10.2. The van der Waals surface area contributed by atoms with E-state index in [-0.39, 0.29) is 5.56 Å². The molecule has 7 heteroatoms. The fourth-order valence-electron chi connectivity index (χ4n) is 2.29. The van der Waals surface area contributed by atoms with Crippen molar-refractivity contribution in [2.45, 2.75) is 32.4 Å². The van der Waals surface area contributed by atoms with Crippen LogP contribution in [0.3, 0.4) is 0 Å². The van der Waals surface area contributed by atoms with Gasteiger partial charge in [0.25, 0.3) is 5.56 Å². The summed E-state index contributed by atoms with van der Waals surface area (Å²) >= 11 is 3.38. The van der Waals surface area contributed by atoms with Crippen LogP contribution in [0.2, 0.25) is 0 Å². The highest BCUT2D eigenvalue weighted by Gasteiger charge is 2.20. The number of nitrogens with zero attached hydrogens (tertiary/aromatic N) is 4. The van der Waals surface area contributed by atoms with Crippen LogP contribution >= 0.6 is 15.9 Å². The van der Waals surface area contributed by atoms with Crippen LogP contribution in [0.4, 0.5) is 5.69 Å². The SMILES string of the molecule is O=c1c(NCc2cccnn2)c(Br)cnn1CC1CCC1. The van der Waals surface area contributed by atoms with Crippen molar-refractivity contribution in [1.82, 2.24) is 20.0 Å². The van der Waals surface area contributed by atoms with E-state index in [1.807, 2.05) is 12.1 Å². The standard InChI is InChI=1S/C14H16BrN5O/c15-12-8-18-20(9-10-3-1-4-10)14(21)13(12)16-7-11-5-2-6-17-19-11/h2,5-6,8,10,16H,1,3-4,7,9H2. The van der Waals surface area contributed by atoms with Gasteiger partial charge >= 0.3 is 0 Å². The Labute approximate surface area is 130 Å². The van der Waals surface area contributed by atoms with Crippen molar-refractivity contribution in [1.29, 1.82) is 0 Å². The lowest BCUT2D eigenvalue weighted by Gasteiger charge is -2.25. The smallest absolute Gasteiger partial charge is 0.291 e. The summed E-state index contributed by atoms with van der Waals surface area (Å²) in [6.45, 7) is 1.15. The molecule has 0 atom stereocenters. The molecule has 2 heterocycles. The van der Waals surface area contributed by atoms with Crippen molar-refractivity contribution in [3.63, 3.8) is 0 Å². The lowest BCUT2D eigenvalue weighted by molar-refractivity contribution is 0.262. The molecule has 21 heavy (non-hydrogen) atoms. The van der Waals surface area contributed by atoms with E-state index in [0.717, 1.165) is 5.69 Å². The number of halogens is 1. The minimum absolute atomic E-state index is 0.0971. The maximum Gasteiger partial charge on any atom is 0.291 e. The van der Waals surface area contributed by atoms with Gasteiger partial charge in [0, 0.05) is 12.7 Å². The number of hydrogen-bond acceptors (Lipinski definition) is 5. The van der Waals surface area contributed by atoms with Crippen LogP contribution in [-0.4, -0.2) is 20.0 Å². The molecular formula is C14H16BrN5O. The second-order valence-corrected chi connectivity index (χ2v) is 6.07. The van der Waals surface area contributed by atoms with Crippen LogP contribution < -0.4 is 10.9 Å². The highest BCUT2D eigenvalue weighted by molar-refractivity contribution is 9.10. The molecule has 1 N–H and O–H groups in total. The molecule has 1 aliphatic carbocycles. The molecule has 0 spiro atoms. The van der Waals surface area contributed by atoms with Crippen molar-refractivity contribution < 1.29 is 0 Å². The average molecular weight is 350 g/mol. The van der Waals surface area contributed by atoms with E-state index in [9.17, 15) is 4.79 Å². The summed E-state index contributed by atoms with van der Waals surface area (Å²) in [6.07, 6.45) is 6.92. The van der Waals surface area contributed by atoms with Crippen LogP contribution in [0.15, 0.2) is 33.8 Å². The predicted octanol–water partition coefficient (Wildman–Crippen LogP) is 2.21. The number of hydrogen-bond donors (Lipinski definition) is 1. The van der Waals surface area contributed by atoms with Gasteiger partial charge in [0.1, 0.15) is 5.69 Å². The average Bonchev–Trinajstić information content (AvgIpc) is 2.45. The molecule has 2 aromatic rings. The third-order valence-corrected chi connectivity index (χ3v) is 4.33. The minimum atomic E-state index is -0.0971. The summed E-state index contributed by atoms with van der Waals surface area (Å²) in [5, 5.41) is 15.1. The van der Waals surface area contributed by atoms with Crippen molar-refractivity contribution in [2.24, 2.45) is 5.92 Å². The molecule has 2 aromatic heterocycles. The van der Waals surface area contributed by atoms with Crippen molar-refractivity contribution >= 4 is 21.6 Å². The second kappa shape index (κ2) is 6.34. The Morgan fingerprint density at radius 1 is 1.43 bits per heavy atom. The lowest BCUT2D eigenvalue weighted by Crippen LogP contribution is -2.30. The highest BCUT2D eigenvalue weighted by Crippen LogP contribution is 2.27. The van der Waals surface area contributed by atoms with Crippen molar-refractivity contribution in [3.05, 3.63) is 45.0 Å². The van der Waals surface area contributed by atoms with Gasteiger partial charge in [-0.1, -0.05) is 6.42 Å². The molecule has 1 saturated carbocycles. The van der Waals surface area contributed by atoms with Gasteiger partial charge in [-0.2, -0.15) is 15.3 Å². The Morgan fingerprint density at radius 2 is 2.29 bits per heavy atom. The summed E-state index contributed by atoms with van der Waals surface area (Å²) < 4.78 is 2.22. The first-order valence-electron chi connectivity index (χ1n) is 7.00. The van der Waals surface area contributed by atoms with E-state index in [1.165, 1.54) is 19.3 Å². The Hall–Kier alpha value is -1.76. The largest absolute Gasteiger partial charge is 0.374 e. The van der Waals surface area contributed by atoms with E-state index in [2.05, 4.69) is 36.5 Å². The summed E-state index contributed by atoms with van der Waals surface area (Å²) in [5.41, 5.74) is 1.21. The van der Waals surface area contributed by atoms with Crippen LogP contribution in [0, 0.1) is 5.92 Å². The Balaban J connectivity index is 1.77. The van der Waals surface area contributed by atoms with Gasteiger partial charge in [-0.05, 0) is 46.8 Å². The molecule has 3 rings (SSSR count). The fraction of sp³-hybridized carbons (Fsp3) is 0.429. The summed E-state index contributed by atoms with van der Waals surface area (Å²) in [6, 6.07) is 3.68. The van der Waals surface area contributed by atoms with Crippen LogP contribution in [0.25, 0.3) is 0 Å². The molecule has 6 nitrogen and oxygen atoms in total. The fourth-order valence-corrected chi connectivity index (χ4v) is 2.69. The monoisotopic (exact) mass is 349 g/mol. The van der Waals surface area contributed by atoms with Crippen molar-refractivity contribution in [3.8, 4) is 0 Å². The number of aromatic nitrogens is 4. The molecule has 1 fully saturated rings. The van der Waals surface area contributed by atoms with Gasteiger partial charge in [0.2, 0.25) is 0 Å². The molecule has 0 saturated heterocycles.